The summed E-state index contributed by atoms with van der Waals surface area (Å²) in [4.78, 5) is 25.2. The molecule has 1 aliphatic heterocycles. The monoisotopic (exact) mass is 1240 g/mol. The Labute approximate surface area is 543 Å². The van der Waals surface area contributed by atoms with Gasteiger partial charge in [0.2, 0.25) is 5.91 Å². The van der Waals surface area contributed by atoms with Crippen LogP contribution in [0, 0.1) is 0 Å². The maximum absolute atomic E-state index is 13.0. The fraction of sp³-hybridized carbons (Fsp3) is 0.896. The normalized spacial score (nSPS) is 17.9. The first kappa shape index (κ1) is 83.9. The summed E-state index contributed by atoms with van der Waals surface area (Å²) in [6, 6.07) is -0.824. The highest BCUT2D eigenvalue weighted by atomic mass is 16.7. The summed E-state index contributed by atoms with van der Waals surface area (Å²) in [5, 5.41) is 54.3. The summed E-state index contributed by atoms with van der Waals surface area (Å²) in [6.45, 7) is 4.32. The smallest absolute Gasteiger partial charge is 0.305 e. The van der Waals surface area contributed by atoms with E-state index in [1.807, 2.05) is 6.08 Å². The van der Waals surface area contributed by atoms with Crippen molar-refractivity contribution in [3.05, 3.63) is 36.5 Å². The molecule has 0 aromatic carbocycles. The lowest BCUT2D eigenvalue weighted by atomic mass is 9.99. The summed E-state index contributed by atoms with van der Waals surface area (Å²) >= 11 is 0. The van der Waals surface area contributed by atoms with Crippen LogP contribution in [0.2, 0.25) is 0 Å². The van der Waals surface area contributed by atoms with Crippen LogP contribution in [0.1, 0.15) is 380 Å². The van der Waals surface area contributed by atoms with Crippen molar-refractivity contribution in [2.45, 2.75) is 423 Å². The number of carbonyl (C=O) groups is 2. The summed E-state index contributed by atoms with van der Waals surface area (Å²) in [5.74, 6) is -0.175. The number of ether oxygens (including phenoxy) is 3. The number of nitrogens with one attached hydrogen (secondary N) is 1. The minimum absolute atomic E-state index is 0.0157. The lowest BCUT2D eigenvalue weighted by Gasteiger charge is -2.40. The Morgan fingerprint density at radius 2 is 0.739 bits per heavy atom. The van der Waals surface area contributed by atoms with Crippen LogP contribution in [0.4, 0.5) is 0 Å². The molecular formula is C77H145NO10. The van der Waals surface area contributed by atoms with Crippen LogP contribution >= 0.6 is 0 Å². The molecule has 11 heteroatoms. The van der Waals surface area contributed by atoms with Gasteiger partial charge in [0.1, 0.15) is 24.4 Å². The highest BCUT2D eigenvalue weighted by Crippen LogP contribution is 2.24. The first-order valence-corrected chi connectivity index (χ1v) is 38.3. The Morgan fingerprint density at radius 1 is 0.409 bits per heavy atom. The van der Waals surface area contributed by atoms with Crippen molar-refractivity contribution in [1.29, 1.82) is 0 Å². The van der Waals surface area contributed by atoms with Gasteiger partial charge in [-0.15, -0.1) is 0 Å². The van der Waals surface area contributed by atoms with Crippen molar-refractivity contribution >= 4 is 11.9 Å². The van der Waals surface area contributed by atoms with Crippen LogP contribution in [0.5, 0.6) is 0 Å². The predicted molar refractivity (Wildman–Crippen MR) is 371 cm³/mol. The van der Waals surface area contributed by atoms with Gasteiger partial charge in [0.25, 0.3) is 0 Å². The number of aliphatic hydroxyl groups is 5. The van der Waals surface area contributed by atoms with Crippen LogP contribution in [0.15, 0.2) is 36.5 Å². The number of carbonyl (C=O) groups excluding carboxylic acids is 2. The molecule has 6 N–H and O–H groups in total. The van der Waals surface area contributed by atoms with Crippen molar-refractivity contribution < 1.29 is 49.3 Å². The van der Waals surface area contributed by atoms with E-state index in [-0.39, 0.29) is 18.5 Å². The van der Waals surface area contributed by atoms with Gasteiger partial charge in [-0.2, -0.15) is 0 Å². The number of allylic oxidation sites excluding steroid dienone is 5. The summed E-state index contributed by atoms with van der Waals surface area (Å²) in [7, 11) is 0. The van der Waals surface area contributed by atoms with Gasteiger partial charge < -0.3 is 45.1 Å². The van der Waals surface area contributed by atoms with Crippen LogP contribution in [0.25, 0.3) is 0 Å². The molecule has 11 nitrogen and oxygen atoms in total. The molecule has 1 heterocycles. The lowest BCUT2D eigenvalue weighted by molar-refractivity contribution is -0.302. The van der Waals surface area contributed by atoms with Gasteiger partial charge in [0.15, 0.2) is 6.29 Å². The van der Waals surface area contributed by atoms with Crippen molar-refractivity contribution in [3.63, 3.8) is 0 Å². The Balaban J connectivity index is 1.87. The molecule has 0 radical (unpaired) electrons. The van der Waals surface area contributed by atoms with E-state index in [4.69, 9.17) is 14.2 Å². The van der Waals surface area contributed by atoms with E-state index in [9.17, 15) is 35.1 Å². The molecule has 1 saturated heterocycles. The quantitative estimate of drug-likeness (QED) is 0.0195. The molecule has 0 aromatic rings. The molecule has 7 atom stereocenters. The molecule has 0 aliphatic carbocycles. The molecule has 1 aliphatic rings. The molecule has 518 valence electrons. The van der Waals surface area contributed by atoms with Crippen LogP contribution in [-0.4, -0.2) is 100 Å². The topological polar surface area (TPSA) is 175 Å². The fourth-order valence-electron chi connectivity index (χ4n) is 12.2. The van der Waals surface area contributed by atoms with Gasteiger partial charge >= 0.3 is 5.97 Å². The maximum Gasteiger partial charge on any atom is 0.305 e. The summed E-state index contributed by atoms with van der Waals surface area (Å²) in [6.07, 6.45) is 76.2. The van der Waals surface area contributed by atoms with Crippen molar-refractivity contribution in [3.8, 4) is 0 Å². The minimum atomic E-state index is -1.57. The van der Waals surface area contributed by atoms with Gasteiger partial charge in [-0.05, 0) is 70.6 Å². The number of esters is 1. The van der Waals surface area contributed by atoms with Gasteiger partial charge in [-0.25, -0.2) is 0 Å². The molecule has 1 amide bonds. The fourth-order valence-corrected chi connectivity index (χ4v) is 12.2. The third-order valence-electron chi connectivity index (χ3n) is 18.2. The van der Waals surface area contributed by atoms with Gasteiger partial charge in [-0.1, -0.05) is 333 Å². The van der Waals surface area contributed by atoms with Crippen molar-refractivity contribution in [2.24, 2.45) is 0 Å². The summed E-state index contributed by atoms with van der Waals surface area (Å²) < 4.78 is 16.7. The number of aliphatic hydroxyl groups excluding tert-OH is 5. The molecule has 1 fully saturated rings. The average molecular weight is 1250 g/mol. The highest BCUT2D eigenvalue weighted by Gasteiger charge is 2.44. The third kappa shape index (κ3) is 54.4. The first-order chi connectivity index (χ1) is 43.2. The largest absolute Gasteiger partial charge is 0.466 e. The number of hydrogen-bond acceptors (Lipinski definition) is 10. The second kappa shape index (κ2) is 66.3. The van der Waals surface area contributed by atoms with E-state index < -0.39 is 49.5 Å². The summed E-state index contributed by atoms with van der Waals surface area (Å²) in [5.41, 5.74) is 0. The van der Waals surface area contributed by atoms with E-state index in [2.05, 4.69) is 43.5 Å². The Bertz CT molecular complexity index is 1560. The minimum Gasteiger partial charge on any atom is -0.466 e. The van der Waals surface area contributed by atoms with Gasteiger partial charge in [-0.3, -0.25) is 9.59 Å². The standard InChI is InChI=1S/C77H145NO10/c1-3-5-7-9-11-13-14-15-16-17-32-36-39-42-45-49-53-57-61-65-73(82)86-66-62-58-54-50-46-43-40-37-34-31-29-27-25-23-21-19-18-20-22-24-26-28-30-33-35-38-41-44-48-52-56-60-64-72(81)78-69(70(80)63-59-55-51-47-12-10-8-6-4-2)68-87-77-76(85)75(84)74(83)71(67-79)88-77/h12,21,23,47,59,63,69-71,74-77,79-80,83-85H,3-11,13-20,22,24-46,48-58,60-62,64-68H2,1-2H3,(H,78,81)/b23-21-,47-12+,63-59+. The van der Waals surface area contributed by atoms with E-state index in [0.717, 1.165) is 51.4 Å². The Hall–Kier alpha value is -2.12. The van der Waals surface area contributed by atoms with E-state index in [0.29, 0.717) is 19.4 Å². The van der Waals surface area contributed by atoms with Crippen molar-refractivity contribution in [2.75, 3.05) is 19.8 Å². The number of hydrogen-bond donors (Lipinski definition) is 6. The molecule has 0 bridgehead atoms. The van der Waals surface area contributed by atoms with Gasteiger partial charge in [0.05, 0.1) is 32.0 Å². The molecule has 7 unspecified atom stereocenters. The SMILES string of the molecule is CCCCC/C=C/CC/C=C/C(O)C(COC1OC(CO)C(O)C(O)C1O)NC(=O)CCCCCCCCCCCCCCCCCC/C=C\CCCCCCCCCCCCCCOC(=O)CCCCCCCCCCCCCCCCCCCCC. The molecule has 1 rings (SSSR count). The van der Waals surface area contributed by atoms with Crippen LogP contribution in [0.3, 0.4) is 0 Å². The average Bonchev–Trinajstić information content (AvgIpc) is 3.58. The molecule has 0 saturated carbocycles. The van der Waals surface area contributed by atoms with E-state index in [1.165, 1.54) is 302 Å². The van der Waals surface area contributed by atoms with Crippen LogP contribution in [-0.2, 0) is 23.8 Å². The van der Waals surface area contributed by atoms with Gasteiger partial charge in [0, 0.05) is 12.8 Å². The second-order valence-electron chi connectivity index (χ2n) is 26.7. The number of amides is 1. The highest BCUT2D eigenvalue weighted by molar-refractivity contribution is 5.76. The number of rotatable bonds is 68. The zero-order valence-corrected chi connectivity index (χ0v) is 57.7. The molecular weight excluding hydrogens is 1100 g/mol. The first-order valence-electron chi connectivity index (χ1n) is 38.3. The molecule has 0 spiro atoms. The third-order valence-corrected chi connectivity index (χ3v) is 18.2. The second-order valence-corrected chi connectivity index (χ2v) is 26.7. The zero-order valence-electron chi connectivity index (χ0n) is 57.7. The zero-order chi connectivity index (χ0) is 63.7. The lowest BCUT2D eigenvalue weighted by Crippen LogP contribution is -2.60. The maximum atomic E-state index is 13.0. The Morgan fingerprint density at radius 3 is 1.15 bits per heavy atom. The molecule has 88 heavy (non-hydrogen) atoms. The van der Waals surface area contributed by atoms with E-state index >= 15 is 0 Å². The molecule has 0 aromatic heterocycles. The van der Waals surface area contributed by atoms with Crippen molar-refractivity contribution in [1.82, 2.24) is 5.32 Å². The number of unbranched alkanes of at least 4 members (excludes halogenated alkanes) is 50. The van der Waals surface area contributed by atoms with E-state index in [1.54, 1.807) is 6.08 Å². The Kier molecular flexibility index (Phi) is 63.2. The van der Waals surface area contributed by atoms with Crippen LogP contribution < -0.4 is 5.32 Å². The predicted octanol–water partition coefficient (Wildman–Crippen LogP) is 20.1.